The van der Waals surface area contributed by atoms with Crippen LogP contribution in [0.15, 0.2) is 12.4 Å². The predicted molar refractivity (Wildman–Crippen MR) is 52.5 cm³/mol. The number of aryl methyl sites for hydroxylation is 2. The van der Waals surface area contributed by atoms with Crippen molar-refractivity contribution >= 4 is 11.8 Å². The molecule has 0 fully saturated rings. The van der Waals surface area contributed by atoms with E-state index in [9.17, 15) is 8.78 Å². The van der Waals surface area contributed by atoms with Crippen LogP contribution < -0.4 is 5.32 Å². The average Bonchev–Trinajstić information content (AvgIpc) is 2.76. The van der Waals surface area contributed by atoms with E-state index in [0.29, 0.717) is 11.8 Å². The summed E-state index contributed by atoms with van der Waals surface area (Å²) in [5.74, 6) is 0.898. The van der Waals surface area contributed by atoms with Crippen LogP contribution in [0, 0.1) is 0 Å². The summed E-state index contributed by atoms with van der Waals surface area (Å²) >= 11 is 0. The van der Waals surface area contributed by atoms with Crippen molar-refractivity contribution in [2.75, 3.05) is 5.32 Å². The van der Waals surface area contributed by atoms with Crippen molar-refractivity contribution in [3.8, 4) is 0 Å². The number of hydrogen-bond donors (Lipinski definition) is 1. The van der Waals surface area contributed by atoms with E-state index in [4.69, 9.17) is 0 Å². The van der Waals surface area contributed by atoms with Gasteiger partial charge < -0.3 is 9.88 Å². The zero-order valence-electron chi connectivity index (χ0n) is 8.72. The van der Waals surface area contributed by atoms with Gasteiger partial charge in [0.05, 0.1) is 0 Å². The maximum atomic E-state index is 12.4. The summed E-state index contributed by atoms with van der Waals surface area (Å²) in [4.78, 5) is 0. The summed E-state index contributed by atoms with van der Waals surface area (Å²) in [6, 6.07) is 1.28. The molecular formula is C8H10F2N6. The number of hydrogen-bond acceptors (Lipinski definition) is 4. The van der Waals surface area contributed by atoms with Gasteiger partial charge in [0.15, 0.2) is 0 Å². The monoisotopic (exact) mass is 228 g/mol. The maximum absolute atomic E-state index is 12.4. The molecule has 2 aromatic rings. The van der Waals surface area contributed by atoms with Crippen LogP contribution in [0.1, 0.15) is 12.1 Å². The van der Waals surface area contributed by atoms with Crippen LogP contribution >= 0.6 is 0 Å². The number of halogens is 2. The highest BCUT2D eigenvalue weighted by Gasteiger charge is 2.14. The second-order valence-electron chi connectivity index (χ2n) is 3.27. The Morgan fingerprint density at radius 3 is 2.62 bits per heavy atom. The molecule has 1 N–H and O–H groups in total. The zero-order chi connectivity index (χ0) is 11.7. The lowest BCUT2D eigenvalue weighted by molar-refractivity contribution is 0.145. The maximum Gasteiger partial charge on any atom is 0.282 e. The fourth-order valence-electron chi connectivity index (χ4n) is 1.22. The van der Waals surface area contributed by atoms with Crippen LogP contribution in [-0.2, 0) is 14.1 Å². The van der Waals surface area contributed by atoms with Gasteiger partial charge in [-0.3, -0.25) is 4.68 Å². The van der Waals surface area contributed by atoms with Gasteiger partial charge in [-0.05, 0) is 0 Å². The van der Waals surface area contributed by atoms with E-state index in [1.165, 1.54) is 17.1 Å². The van der Waals surface area contributed by atoms with Gasteiger partial charge in [-0.1, -0.05) is 0 Å². The Hall–Kier alpha value is -1.99. The number of nitrogens with one attached hydrogen (secondary N) is 1. The van der Waals surface area contributed by atoms with Gasteiger partial charge >= 0.3 is 0 Å². The predicted octanol–water partition coefficient (Wildman–Crippen LogP) is 1.23. The molecule has 0 aliphatic carbocycles. The van der Waals surface area contributed by atoms with Crippen LogP contribution in [0.4, 0.5) is 20.5 Å². The van der Waals surface area contributed by atoms with Crippen LogP contribution in [-0.4, -0.2) is 24.5 Å². The molecule has 0 amide bonds. The molecule has 2 rings (SSSR count). The Bertz CT molecular complexity index is 488. The van der Waals surface area contributed by atoms with Crippen molar-refractivity contribution in [2.45, 2.75) is 6.43 Å². The molecule has 0 aliphatic rings. The Labute approximate surface area is 89.9 Å². The highest BCUT2D eigenvalue weighted by molar-refractivity contribution is 5.48. The van der Waals surface area contributed by atoms with E-state index in [2.05, 4.69) is 20.6 Å². The van der Waals surface area contributed by atoms with Gasteiger partial charge in [0.2, 0.25) is 5.95 Å². The van der Waals surface area contributed by atoms with Crippen molar-refractivity contribution in [1.29, 1.82) is 0 Å². The van der Waals surface area contributed by atoms with E-state index >= 15 is 0 Å². The van der Waals surface area contributed by atoms with Crippen LogP contribution in [0.3, 0.4) is 0 Å². The molecule has 0 bridgehead atoms. The first-order valence-corrected chi connectivity index (χ1v) is 4.51. The summed E-state index contributed by atoms with van der Waals surface area (Å²) in [5, 5.41) is 14.0. The summed E-state index contributed by atoms with van der Waals surface area (Å²) in [6.45, 7) is 0. The Morgan fingerprint density at radius 1 is 1.38 bits per heavy atom. The lowest BCUT2D eigenvalue weighted by atomic mass is 10.4. The highest BCUT2D eigenvalue weighted by Crippen LogP contribution is 2.21. The molecule has 6 nitrogen and oxygen atoms in total. The van der Waals surface area contributed by atoms with E-state index in [1.807, 2.05) is 0 Å². The van der Waals surface area contributed by atoms with E-state index in [-0.39, 0.29) is 5.69 Å². The van der Waals surface area contributed by atoms with Gasteiger partial charge in [0.25, 0.3) is 6.43 Å². The van der Waals surface area contributed by atoms with Crippen molar-refractivity contribution in [2.24, 2.45) is 14.1 Å². The fourth-order valence-corrected chi connectivity index (χ4v) is 1.22. The van der Waals surface area contributed by atoms with Crippen molar-refractivity contribution in [3.05, 3.63) is 18.1 Å². The number of rotatable bonds is 3. The largest absolute Gasteiger partial charge is 0.309 e. The van der Waals surface area contributed by atoms with Gasteiger partial charge in [-0.25, -0.2) is 8.78 Å². The van der Waals surface area contributed by atoms with Crippen molar-refractivity contribution < 1.29 is 8.78 Å². The first-order chi connectivity index (χ1) is 7.58. The zero-order valence-corrected chi connectivity index (χ0v) is 8.72. The van der Waals surface area contributed by atoms with Gasteiger partial charge in [0.1, 0.15) is 17.8 Å². The van der Waals surface area contributed by atoms with E-state index in [0.717, 1.165) is 0 Å². The number of anilines is 2. The molecule has 0 unspecified atom stereocenters. The molecule has 0 aromatic carbocycles. The Balaban J connectivity index is 2.25. The average molecular weight is 228 g/mol. The second kappa shape index (κ2) is 3.87. The third-order valence-electron chi connectivity index (χ3n) is 2.07. The van der Waals surface area contributed by atoms with Gasteiger partial charge in [-0.15, -0.1) is 10.2 Å². The molecular weight excluding hydrogens is 218 g/mol. The lowest BCUT2D eigenvalue weighted by Crippen LogP contribution is -2.03. The minimum atomic E-state index is -2.58. The first kappa shape index (κ1) is 10.5. The molecule has 0 spiro atoms. The minimum Gasteiger partial charge on any atom is -0.309 e. The third-order valence-corrected chi connectivity index (χ3v) is 2.07. The summed E-state index contributed by atoms with van der Waals surface area (Å²) in [5.41, 5.74) is -0.271. The van der Waals surface area contributed by atoms with Crippen LogP contribution in [0.25, 0.3) is 0 Å². The van der Waals surface area contributed by atoms with Crippen LogP contribution in [0.2, 0.25) is 0 Å². The molecule has 0 radical (unpaired) electrons. The van der Waals surface area contributed by atoms with Crippen molar-refractivity contribution in [3.63, 3.8) is 0 Å². The molecule has 8 heteroatoms. The van der Waals surface area contributed by atoms with Crippen LogP contribution in [0.5, 0.6) is 0 Å². The standard InChI is InChI=1S/C8H10F2N6/c1-15-4-11-13-8(15)12-6-3-5(7(9)10)14-16(6)2/h3-4,7H,1-2H3,(H,12,13). The summed E-state index contributed by atoms with van der Waals surface area (Å²) in [6.07, 6.45) is -1.08. The summed E-state index contributed by atoms with van der Waals surface area (Å²) in [7, 11) is 3.32. The summed E-state index contributed by atoms with van der Waals surface area (Å²) < 4.78 is 27.7. The molecule has 0 atom stereocenters. The highest BCUT2D eigenvalue weighted by atomic mass is 19.3. The molecule has 86 valence electrons. The Morgan fingerprint density at radius 2 is 2.12 bits per heavy atom. The SMILES string of the molecule is Cn1cnnc1Nc1cc(C(F)F)nn1C. The molecule has 0 saturated heterocycles. The first-order valence-electron chi connectivity index (χ1n) is 4.51. The third kappa shape index (κ3) is 1.86. The molecule has 0 aliphatic heterocycles. The number of alkyl halides is 2. The lowest BCUT2D eigenvalue weighted by Gasteiger charge is -2.03. The van der Waals surface area contributed by atoms with E-state index < -0.39 is 6.43 Å². The fraction of sp³-hybridized carbons (Fsp3) is 0.375. The molecule has 16 heavy (non-hydrogen) atoms. The van der Waals surface area contributed by atoms with Gasteiger partial charge in [-0.2, -0.15) is 5.10 Å². The number of aromatic nitrogens is 5. The van der Waals surface area contributed by atoms with Gasteiger partial charge in [0, 0.05) is 20.2 Å². The van der Waals surface area contributed by atoms with Crippen molar-refractivity contribution in [1.82, 2.24) is 24.5 Å². The molecule has 0 saturated carbocycles. The normalized spacial score (nSPS) is 11.1. The molecule has 2 heterocycles. The molecule has 2 aromatic heterocycles. The Kier molecular flexibility index (Phi) is 2.55. The smallest absolute Gasteiger partial charge is 0.282 e. The number of nitrogens with zero attached hydrogens (tertiary/aromatic N) is 5. The topological polar surface area (TPSA) is 60.6 Å². The quantitative estimate of drug-likeness (QED) is 0.858. The minimum absolute atomic E-state index is 0.271. The van der Waals surface area contributed by atoms with E-state index in [1.54, 1.807) is 18.7 Å². The second-order valence-corrected chi connectivity index (χ2v) is 3.27.